The first-order chi connectivity index (χ1) is 9.78. The SMILES string of the molecule is CCCCOc1ccc(COc2ccc(O)cc2)cc1. The average molecular weight is 272 g/mol. The Morgan fingerprint density at radius 1 is 0.850 bits per heavy atom. The van der Waals surface area contributed by atoms with Crippen LogP contribution < -0.4 is 9.47 Å². The first kappa shape index (κ1) is 14.3. The topological polar surface area (TPSA) is 38.7 Å². The number of aromatic hydroxyl groups is 1. The summed E-state index contributed by atoms with van der Waals surface area (Å²) in [6.45, 7) is 3.41. The maximum Gasteiger partial charge on any atom is 0.120 e. The largest absolute Gasteiger partial charge is 0.508 e. The third-order valence-corrected chi connectivity index (χ3v) is 2.93. The van der Waals surface area contributed by atoms with Crippen LogP contribution in [0, 0.1) is 0 Å². The normalized spacial score (nSPS) is 10.2. The van der Waals surface area contributed by atoms with Crippen molar-refractivity contribution in [1.29, 1.82) is 0 Å². The minimum absolute atomic E-state index is 0.242. The van der Waals surface area contributed by atoms with E-state index < -0.39 is 0 Å². The molecule has 3 heteroatoms. The van der Waals surface area contributed by atoms with Gasteiger partial charge in [0, 0.05) is 0 Å². The number of rotatable bonds is 7. The summed E-state index contributed by atoms with van der Waals surface area (Å²) in [5.41, 5.74) is 1.08. The van der Waals surface area contributed by atoms with E-state index in [1.807, 2.05) is 24.3 Å². The summed E-state index contributed by atoms with van der Waals surface area (Å²) in [7, 11) is 0. The molecule has 1 N–H and O–H groups in total. The van der Waals surface area contributed by atoms with Crippen LogP contribution in [-0.4, -0.2) is 11.7 Å². The molecule has 0 aliphatic heterocycles. The van der Waals surface area contributed by atoms with Crippen molar-refractivity contribution in [3.8, 4) is 17.2 Å². The number of ether oxygens (including phenoxy) is 2. The molecule has 0 radical (unpaired) electrons. The first-order valence-electron chi connectivity index (χ1n) is 6.91. The summed E-state index contributed by atoms with van der Waals surface area (Å²) in [5, 5.41) is 9.19. The van der Waals surface area contributed by atoms with Crippen molar-refractivity contribution in [2.24, 2.45) is 0 Å². The van der Waals surface area contributed by atoms with E-state index >= 15 is 0 Å². The van der Waals surface area contributed by atoms with Crippen LogP contribution in [-0.2, 0) is 6.61 Å². The highest BCUT2D eigenvalue weighted by Crippen LogP contribution is 2.18. The smallest absolute Gasteiger partial charge is 0.120 e. The summed E-state index contributed by atoms with van der Waals surface area (Å²) in [4.78, 5) is 0. The van der Waals surface area contributed by atoms with Crippen LogP contribution in [0.3, 0.4) is 0 Å². The van der Waals surface area contributed by atoms with E-state index in [-0.39, 0.29) is 5.75 Å². The van der Waals surface area contributed by atoms with Gasteiger partial charge in [0.25, 0.3) is 0 Å². The summed E-state index contributed by atoms with van der Waals surface area (Å²) < 4.78 is 11.2. The van der Waals surface area contributed by atoms with Gasteiger partial charge in [0.2, 0.25) is 0 Å². The molecule has 3 nitrogen and oxygen atoms in total. The molecule has 0 spiro atoms. The highest BCUT2D eigenvalue weighted by Gasteiger charge is 1.98. The minimum Gasteiger partial charge on any atom is -0.508 e. The van der Waals surface area contributed by atoms with E-state index in [1.54, 1.807) is 24.3 Å². The van der Waals surface area contributed by atoms with E-state index in [0.717, 1.165) is 36.5 Å². The summed E-state index contributed by atoms with van der Waals surface area (Å²) in [6, 6.07) is 14.6. The van der Waals surface area contributed by atoms with Gasteiger partial charge in [-0.05, 0) is 48.4 Å². The number of hydrogen-bond acceptors (Lipinski definition) is 3. The molecule has 0 heterocycles. The lowest BCUT2D eigenvalue weighted by Crippen LogP contribution is -1.98. The fraction of sp³-hybridized carbons (Fsp3) is 0.294. The molecule has 0 aromatic heterocycles. The van der Waals surface area contributed by atoms with Crippen molar-refractivity contribution >= 4 is 0 Å². The third-order valence-electron chi connectivity index (χ3n) is 2.93. The fourth-order valence-corrected chi connectivity index (χ4v) is 1.73. The molecule has 0 aliphatic carbocycles. The van der Waals surface area contributed by atoms with Crippen LogP contribution in [0.15, 0.2) is 48.5 Å². The molecular formula is C17H20O3. The molecule has 0 fully saturated rings. The van der Waals surface area contributed by atoms with Crippen molar-refractivity contribution in [3.05, 3.63) is 54.1 Å². The van der Waals surface area contributed by atoms with Gasteiger partial charge in [0.15, 0.2) is 0 Å². The minimum atomic E-state index is 0.242. The molecule has 2 aromatic carbocycles. The lowest BCUT2D eigenvalue weighted by Gasteiger charge is -2.08. The summed E-state index contributed by atoms with van der Waals surface area (Å²) >= 11 is 0. The van der Waals surface area contributed by atoms with Gasteiger partial charge in [-0.15, -0.1) is 0 Å². The van der Waals surface area contributed by atoms with Gasteiger partial charge in [-0.3, -0.25) is 0 Å². The van der Waals surface area contributed by atoms with E-state index in [9.17, 15) is 5.11 Å². The summed E-state index contributed by atoms with van der Waals surface area (Å²) in [5.74, 6) is 1.88. The molecule has 20 heavy (non-hydrogen) atoms. The Labute approximate surface area is 119 Å². The van der Waals surface area contributed by atoms with Gasteiger partial charge in [-0.2, -0.15) is 0 Å². The number of phenolic OH excluding ortho intramolecular Hbond substituents is 1. The molecule has 0 saturated carbocycles. The molecule has 0 amide bonds. The van der Waals surface area contributed by atoms with Crippen LogP contribution in [0.25, 0.3) is 0 Å². The lowest BCUT2D eigenvalue weighted by molar-refractivity contribution is 0.302. The van der Waals surface area contributed by atoms with E-state index in [2.05, 4.69) is 6.92 Å². The van der Waals surface area contributed by atoms with Crippen molar-refractivity contribution in [2.45, 2.75) is 26.4 Å². The van der Waals surface area contributed by atoms with Crippen LogP contribution in [0.4, 0.5) is 0 Å². The van der Waals surface area contributed by atoms with Gasteiger partial charge < -0.3 is 14.6 Å². The van der Waals surface area contributed by atoms with Crippen molar-refractivity contribution < 1.29 is 14.6 Å². The van der Waals surface area contributed by atoms with Crippen molar-refractivity contribution in [3.63, 3.8) is 0 Å². The van der Waals surface area contributed by atoms with Crippen LogP contribution in [0.1, 0.15) is 25.3 Å². The molecule has 0 saturated heterocycles. The molecule has 2 aromatic rings. The molecule has 0 aliphatic rings. The van der Waals surface area contributed by atoms with Gasteiger partial charge in [-0.1, -0.05) is 25.5 Å². The Hall–Kier alpha value is -2.16. The predicted octanol–water partition coefficient (Wildman–Crippen LogP) is 4.15. The van der Waals surface area contributed by atoms with Gasteiger partial charge in [-0.25, -0.2) is 0 Å². The second-order valence-electron chi connectivity index (χ2n) is 4.63. The molecule has 0 unspecified atom stereocenters. The maximum atomic E-state index is 9.19. The second kappa shape index (κ2) is 7.43. The third kappa shape index (κ3) is 4.50. The number of benzene rings is 2. The first-order valence-corrected chi connectivity index (χ1v) is 6.91. The molecule has 0 atom stereocenters. The Morgan fingerprint density at radius 3 is 2.10 bits per heavy atom. The van der Waals surface area contributed by atoms with Crippen LogP contribution >= 0.6 is 0 Å². The summed E-state index contributed by atoms with van der Waals surface area (Å²) in [6.07, 6.45) is 2.21. The number of hydrogen-bond donors (Lipinski definition) is 1. The number of unbranched alkanes of at least 4 members (excludes halogenated alkanes) is 1. The Morgan fingerprint density at radius 2 is 1.45 bits per heavy atom. The van der Waals surface area contributed by atoms with E-state index in [4.69, 9.17) is 9.47 Å². The lowest BCUT2D eigenvalue weighted by atomic mass is 10.2. The average Bonchev–Trinajstić information content (AvgIpc) is 2.48. The second-order valence-corrected chi connectivity index (χ2v) is 4.63. The van der Waals surface area contributed by atoms with Gasteiger partial charge in [0.1, 0.15) is 23.9 Å². The maximum absolute atomic E-state index is 9.19. The van der Waals surface area contributed by atoms with Gasteiger partial charge >= 0.3 is 0 Å². The Balaban J connectivity index is 1.82. The van der Waals surface area contributed by atoms with Crippen molar-refractivity contribution in [2.75, 3.05) is 6.61 Å². The molecule has 2 rings (SSSR count). The van der Waals surface area contributed by atoms with Crippen LogP contribution in [0.5, 0.6) is 17.2 Å². The highest BCUT2D eigenvalue weighted by molar-refractivity contribution is 5.31. The zero-order chi connectivity index (χ0) is 14.2. The molecule has 106 valence electrons. The van der Waals surface area contributed by atoms with Crippen LogP contribution in [0.2, 0.25) is 0 Å². The van der Waals surface area contributed by atoms with Crippen molar-refractivity contribution in [1.82, 2.24) is 0 Å². The fourth-order valence-electron chi connectivity index (χ4n) is 1.73. The monoisotopic (exact) mass is 272 g/mol. The standard InChI is InChI=1S/C17H20O3/c1-2-3-12-19-16-8-4-14(5-9-16)13-20-17-10-6-15(18)7-11-17/h4-11,18H,2-3,12-13H2,1H3. The highest BCUT2D eigenvalue weighted by atomic mass is 16.5. The van der Waals surface area contributed by atoms with E-state index in [0.29, 0.717) is 6.61 Å². The zero-order valence-corrected chi connectivity index (χ0v) is 11.7. The Bertz CT molecular complexity index is 503. The quantitative estimate of drug-likeness (QED) is 0.769. The van der Waals surface area contributed by atoms with E-state index in [1.165, 1.54) is 0 Å². The predicted molar refractivity (Wildman–Crippen MR) is 79.3 cm³/mol. The van der Waals surface area contributed by atoms with Gasteiger partial charge in [0.05, 0.1) is 6.61 Å². The molecule has 0 bridgehead atoms. The zero-order valence-electron chi connectivity index (χ0n) is 11.7. The number of phenols is 1. The molecular weight excluding hydrogens is 252 g/mol. The Kier molecular flexibility index (Phi) is 5.30.